The quantitative estimate of drug-likeness (QED) is 0.585. The van der Waals surface area contributed by atoms with Gasteiger partial charge >= 0.3 is 0 Å². The summed E-state index contributed by atoms with van der Waals surface area (Å²) in [5.41, 5.74) is 1.46. The molecule has 0 saturated carbocycles. The Morgan fingerprint density at radius 2 is 1.90 bits per heavy atom. The average Bonchev–Trinajstić information content (AvgIpc) is 3.04. The number of nitrogens with zero attached hydrogens (tertiary/aromatic N) is 2. The first-order valence-electron chi connectivity index (χ1n) is 5.97. The van der Waals surface area contributed by atoms with Crippen LogP contribution in [-0.2, 0) is 0 Å². The minimum atomic E-state index is -0.108. The predicted octanol–water partition coefficient (Wildman–Crippen LogP) is 2.76. The fourth-order valence-corrected chi connectivity index (χ4v) is 3.13. The van der Waals surface area contributed by atoms with Crippen LogP contribution in [0.15, 0.2) is 46.7 Å². The first-order valence-corrected chi connectivity index (χ1v) is 7.23. The zero-order valence-electron chi connectivity index (χ0n) is 10.6. The summed E-state index contributed by atoms with van der Waals surface area (Å²) >= 11 is 7.43. The van der Waals surface area contributed by atoms with Crippen LogP contribution >= 0.6 is 22.9 Å². The molecule has 3 N–H and O–H groups in total. The molecule has 4 aromatic rings. The number of hydrogen-bond donors (Lipinski definition) is 1. The summed E-state index contributed by atoms with van der Waals surface area (Å²) in [4.78, 5) is 17.7. The minimum absolute atomic E-state index is 0. The maximum absolute atomic E-state index is 12.4. The molecule has 0 saturated heterocycles. The Morgan fingerprint density at radius 3 is 2.67 bits per heavy atom. The molecule has 3 aromatic heterocycles. The molecule has 0 atom stereocenters. The van der Waals surface area contributed by atoms with Crippen molar-refractivity contribution in [2.24, 2.45) is 0 Å². The van der Waals surface area contributed by atoms with Crippen molar-refractivity contribution in [1.82, 2.24) is 14.8 Å². The third-order valence-corrected chi connectivity index (χ3v) is 4.31. The Bertz CT molecular complexity index is 985. The van der Waals surface area contributed by atoms with Gasteiger partial charge in [0, 0.05) is 16.6 Å². The van der Waals surface area contributed by atoms with E-state index in [0.717, 1.165) is 21.4 Å². The number of aromatic nitrogens is 3. The normalized spacial score (nSPS) is 10.9. The number of halogens is 1. The second-order valence-corrected chi connectivity index (χ2v) is 5.75. The van der Waals surface area contributed by atoms with E-state index >= 15 is 0 Å². The fourth-order valence-electron chi connectivity index (χ4n) is 2.26. The number of hydrogen-bond acceptors (Lipinski definition) is 3. The lowest BCUT2D eigenvalue weighted by atomic mass is 10.2. The van der Waals surface area contributed by atoms with Crippen molar-refractivity contribution in [3.63, 3.8) is 0 Å². The number of rotatable bonds is 1. The van der Waals surface area contributed by atoms with Crippen LogP contribution in [-0.4, -0.2) is 20.2 Å². The summed E-state index contributed by atoms with van der Waals surface area (Å²) < 4.78 is 1.51. The molecule has 4 rings (SSSR count). The molecule has 1 aromatic carbocycles. The molecule has 21 heavy (non-hydrogen) atoms. The molecule has 0 aliphatic rings. The largest absolute Gasteiger partial charge is 0.412 e. The highest BCUT2D eigenvalue weighted by atomic mass is 35.5. The van der Waals surface area contributed by atoms with Gasteiger partial charge in [-0.3, -0.25) is 9.89 Å². The van der Waals surface area contributed by atoms with E-state index in [4.69, 9.17) is 11.6 Å². The molecule has 0 amide bonds. The Kier molecular flexibility index (Phi) is 3.29. The smallest absolute Gasteiger partial charge is 0.280 e. The zero-order valence-corrected chi connectivity index (χ0v) is 12.2. The zero-order chi connectivity index (χ0) is 13.7. The van der Waals surface area contributed by atoms with Gasteiger partial charge in [0.1, 0.15) is 4.83 Å². The van der Waals surface area contributed by atoms with E-state index < -0.39 is 0 Å². The maximum atomic E-state index is 12.4. The monoisotopic (exact) mass is 319 g/mol. The second kappa shape index (κ2) is 5.00. The van der Waals surface area contributed by atoms with Crippen molar-refractivity contribution < 1.29 is 5.48 Å². The van der Waals surface area contributed by atoms with Gasteiger partial charge in [0.2, 0.25) is 0 Å². The third-order valence-electron chi connectivity index (χ3n) is 3.24. The van der Waals surface area contributed by atoms with Crippen molar-refractivity contribution in [3.05, 3.63) is 57.3 Å². The van der Waals surface area contributed by atoms with Gasteiger partial charge in [-0.2, -0.15) is 0 Å². The standard InChI is InChI=1S/C14H8ClN3OS.H2O/c15-8-1-3-9(4-2-8)18-14(19)11-7-16-13-10(5-6-20-13)12(11)17-18;/h1-7,17H;1H2. The average molecular weight is 320 g/mol. The van der Waals surface area contributed by atoms with Crippen LogP contribution in [0, 0.1) is 0 Å². The lowest BCUT2D eigenvalue weighted by Gasteiger charge is -2.00. The molecule has 0 aliphatic heterocycles. The first kappa shape index (κ1) is 13.8. The van der Waals surface area contributed by atoms with E-state index in [9.17, 15) is 4.79 Å². The van der Waals surface area contributed by atoms with Crippen LogP contribution in [0.3, 0.4) is 0 Å². The van der Waals surface area contributed by atoms with E-state index in [1.165, 1.54) is 4.68 Å². The van der Waals surface area contributed by atoms with Crippen LogP contribution in [0.25, 0.3) is 26.8 Å². The number of nitrogens with one attached hydrogen (secondary N) is 1. The summed E-state index contributed by atoms with van der Waals surface area (Å²) in [5, 5.41) is 7.32. The van der Waals surface area contributed by atoms with Crippen LogP contribution in [0.5, 0.6) is 0 Å². The number of H-pyrrole nitrogens is 1. The van der Waals surface area contributed by atoms with Crippen molar-refractivity contribution in [2.45, 2.75) is 0 Å². The van der Waals surface area contributed by atoms with Crippen molar-refractivity contribution >= 4 is 44.1 Å². The van der Waals surface area contributed by atoms with Gasteiger partial charge < -0.3 is 5.48 Å². The molecule has 0 bridgehead atoms. The second-order valence-electron chi connectivity index (χ2n) is 4.42. The summed E-state index contributed by atoms with van der Waals surface area (Å²) in [6, 6.07) is 9.09. The Balaban J connectivity index is 0.00000132. The van der Waals surface area contributed by atoms with Crippen molar-refractivity contribution in [1.29, 1.82) is 0 Å². The van der Waals surface area contributed by atoms with Gasteiger partial charge in [0.25, 0.3) is 5.56 Å². The van der Waals surface area contributed by atoms with E-state index in [0.29, 0.717) is 10.4 Å². The van der Waals surface area contributed by atoms with Crippen LogP contribution < -0.4 is 5.56 Å². The molecule has 5 nitrogen and oxygen atoms in total. The maximum Gasteiger partial charge on any atom is 0.280 e. The Morgan fingerprint density at radius 1 is 1.14 bits per heavy atom. The third kappa shape index (κ3) is 2.04. The van der Waals surface area contributed by atoms with E-state index in [1.807, 2.05) is 11.4 Å². The van der Waals surface area contributed by atoms with Crippen LogP contribution in [0.2, 0.25) is 5.02 Å². The number of benzene rings is 1. The summed E-state index contributed by atoms with van der Waals surface area (Å²) in [7, 11) is 0. The number of aromatic amines is 1. The molecule has 0 aliphatic carbocycles. The van der Waals surface area contributed by atoms with Gasteiger partial charge in [-0.1, -0.05) is 11.6 Å². The Hall–Kier alpha value is -2.15. The van der Waals surface area contributed by atoms with Crippen LogP contribution in [0.4, 0.5) is 0 Å². The number of thiophene rings is 1. The lowest BCUT2D eigenvalue weighted by Crippen LogP contribution is -2.13. The molecular formula is C14H10ClN3O2S. The molecule has 0 spiro atoms. The van der Waals surface area contributed by atoms with Crippen molar-refractivity contribution in [2.75, 3.05) is 0 Å². The minimum Gasteiger partial charge on any atom is -0.412 e. The first-order chi connectivity index (χ1) is 9.74. The number of pyridine rings is 1. The highest BCUT2D eigenvalue weighted by Crippen LogP contribution is 2.24. The molecule has 0 fully saturated rings. The molecule has 0 unspecified atom stereocenters. The van der Waals surface area contributed by atoms with Gasteiger partial charge in [-0.15, -0.1) is 11.3 Å². The van der Waals surface area contributed by atoms with Gasteiger partial charge in [0.05, 0.1) is 16.6 Å². The van der Waals surface area contributed by atoms with Gasteiger partial charge in [0.15, 0.2) is 0 Å². The molecule has 106 valence electrons. The molecule has 7 heteroatoms. The summed E-state index contributed by atoms with van der Waals surface area (Å²) in [5.74, 6) is 0. The highest BCUT2D eigenvalue weighted by molar-refractivity contribution is 7.16. The van der Waals surface area contributed by atoms with E-state index in [-0.39, 0.29) is 11.0 Å². The fraction of sp³-hybridized carbons (Fsp3) is 0. The summed E-state index contributed by atoms with van der Waals surface area (Å²) in [6.45, 7) is 0. The van der Waals surface area contributed by atoms with E-state index in [2.05, 4.69) is 10.1 Å². The Labute approximate surface area is 127 Å². The topological polar surface area (TPSA) is 82.2 Å². The van der Waals surface area contributed by atoms with E-state index in [1.54, 1.807) is 41.8 Å². The summed E-state index contributed by atoms with van der Waals surface area (Å²) in [6.07, 6.45) is 1.62. The predicted molar refractivity (Wildman–Crippen MR) is 85.7 cm³/mol. The van der Waals surface area contributed by atoms with Gasteiger partial charge in [-0.05, 0) is 35.7 Å². The highest BCUT2D eigenvalue weighted by Gasteiger charge is 2.12. The lowest BCUT2D eigenvalue weighted by molar-refractivity contribution is 0.824. The van der Waals surface area contributed by atoms with Gasteiger partial charge in [-0.25, -0.2) is 9.67 Å². The van der Waals surface area contributed by atoms with Crippen LogP contribution in [0.1, 0.15) is 0 Å². The molecule has 0 radical (unpaired) electrons. The number of fused-ring (bicyclic) bond motifs is 3. The molecule has 3 heterocycles. The molecular weight excluding hydrogens is 310 g/mol. The SMILES string of the molecule is O.O=c1c2cnc3sccc3c2[nH]n1-c1ccc(Cl)cc1. The van der Waals surface area contributed by atoms with Crippen molar-refractivity contribution in [3.8, 4) is 5.69 Å².